The number of benzene rings is 1. The third-order valence-electron chi connectivity index (χ3n) is 3.25. The summed E-state index contributed by atoms with van der Waals surface area (Å²) in [6.45, 7) is 1.82. The van der Waals surface area contributed by atoms with Crippen LogP contribution in [0.3, 0.4) is 0 Å². The second-order valence-corrected chi connectivity index (χ2v) is 4.46. The molecule has 0 saturated heterocycles. The van der Waals surface area contributed by atoms with Crippen molar-refractivity contribution in [2.75, 3.05) is 12.8 Å². The van der Waals surface area contributed by atoms with Crippen molar-refractivity contribution in [1.82, 2.24) is 5.32 Å². The number of carbonyl (C=O) groups excluding carboxylic acids is 1. The predicted molar refractivity (Wildman–Crippen MR) is 66.5 cm³/mol. The van der Waals surface area contributed by atoms with Gasteiger partial charge in [0.2, 0.25) is 0 Å². The number of rotatable bonds is 3. The predicted octanol–water partition coefficient (Wildman–Crippen LogP) is 1.41. The SMILES string of the molecule is COC(=O)C(C)NC1CCc2cc(N)ccc21. The van der Waals surface area contributed by atoms with Crippen molar-refractivity contribution in [2.24, 2.45) is 0 Å². The van der Waals surface area contributed by atoms with E-state index in [2.05, 4.69) is 5.32 Å². The molecule has 0 radical (unpaired) electrons. The molecule has 0 aromatic heterocycles. The number of nitrogens with one attached hydrogen (secondary N) is 1. The topological polar surface area (TPSA) is 64.3 Å². The van der Waals surface area contributed by atoms with Crippen molar-refractivity contribution in [3.8, 4) is 0 Å². The summed E-state index contributed by atoms with van der Waals surface area (Å²) in [5, 5.41) is 3.29. The molecule has 0 spiro atoms. The summed E-state index contributed by atoms with van der Waals surface area (Å²) < 4.78 is 4.71. The first-order valence-corrected chi connectivity index (χ1v) is 5.84. The van der Waals surface area contributed by atoms with Crippen LogP contribution in [0.15, 0.2) is 18.2 Å². The van der Waals surface area contributed by atoms with Gasteiger partial charge in [0.1, 0.15) is 6.04 Å². The molecule has 0 fully saturated rings. The first kappa shape index (κ1) is 11.9. The number of hydrogen-bond donors (Lipinski definition) is 2. The van der Waals surface area contributed by atoms with Crippen LogP contribution in [0.1, 0.15) is 30.5 Å². The number of anilines is 1. The van der Waals surface area contributed by atoms with Gasteiger partial charge in [0.15, 0.2) is 0 Å². The van der Waals surface area contributed by atoms with E-state index in [9.17, 15) is 4.79 Å². The molecule has 92 valence electrons. The first-order valence-electron chi connectivity index (χ1n) is 5.84. The van der Waals surface area contributed by atoms with E-state index in [1.807, 2.05) is 25.1 Å². The highest BCUT2D eigenvalue weighted by Crippen LogP contribution is 2.32. The van der Waals surface area contributed by atoms with Crippen LogP contribution < -0.4 is 11.1 Å². The van der Waals surface area contributed by atoms with Gasteiger partial charge in [0.05, 0.1) is 7.11 Å². The molecule has 2 atom stereocenters. The molecule has 1 aliphatic rings. The van der Waals surface area contributed by atoms with Gasteiger partial charge in [-0.3, -0.25) is 10.1 Å². The molecule has 3 N–H and O–H groups in total. The monoisotopic (exact) mass is 234 g/mol. The highest BCUT2D eigenvalue weighted by molar-refractivity contribution is 5.75. The van der Waals surface area contributed by atoms with Gasteiger partial charge < -0.3 is 10.5 Å². The van der Waals surface area contributed by atoms with Gasteiger partial charge in [0.25, 0.3) is 0 Å². The Morgan fingerprint density at radius 3 is 3.06 bits per heavy atom. The summed E-state index contributed by atoms with van der Waals surface area (Å²) >= 11 is 0. The molecule has 0 aliphatic heterocycles. The number of ether oxygens (including phenoxy) is 1. The van der Waals surface area contributed by atoms with E-state index in [0.717, 1.165) is 18.5 Å². The van der Waals surface area contributed by atoms with Crippen molar-refractivity contribution in [2.45, 2.75) is 31.8 Å². The third kappa shape index (κ3) is 2.42. The van der Waals surface area contributed by atoms with Gasteiger partial charge in [-0.05, 0) is 43.0 Å². The van der Waals surface area contributed by atoms with E-state index >= 15 is 0 Å². The van der Waals surface area contributed by atoms with Crippen LogP contribution in [-0.2, 0) is 16.0 Å². The average Bonchev–Trinajstić information content (AvgIpc) is 2.70. The molecule has 1 aromatic carbocycles. The van der Waals surface area contributed by atoms with Crippen LogP contribution in [-0.4, -0.2) is 19.1 Å². The summed E-state index contributed by atoms with van der Waals surface area (Å²) in [6, 6.07) is 5.90. The lowest BCUT2D eigenvalue weighted by molar-refractivity contribution is -0.142. The van der Waals surface area contributed by atoms with E-state index in [1.54, 1.807) is 0 Å². The van der Waals surface area contributed by atoms with Gasteiger partial charge in [-0.25, -0.2) is 0 Å². The Morgan fingerprint density at radius 2 is 2.35 bits per heavy atom. The van der Waals surface area contributed by atoms with Gasteiger partial charge >= 0.3 is 5.97 Å². The van der Waals surface area contributed by atoms with Crippen LogP contribution in [0, 0.1) is 0 Å². The maximum Gasteiger partial charge on any atom is 0.322 e. The Hall–Kier alpha value is -1.55. The van der Waals surface area contributed by atoms with Crippen LogP contribution in [0.25, 0.3) is 0 Å². The number of hydrogen-bond acceptors (Lipinski definition) is 4. The second kappa shape index (κ2) is 4.75. The summed E-state index contributed by atoms with van der Waals surface area (Å²) in [6.07, 6.45) is 2.01. The normalized spacial score (nSPS) is 19.8. The molecule has 0 heterocycles. The van der Waals surface area contributed by atoms with Crippen molar-refractivity contribution in [3.63, 3.8) is 0 Å². The van der Waals surface area contributed by atoms with Gasteiger partial charge in [-0.1, -0.05) is 6.07 Å². The van der Waals surface area contributed by atoms with E-state index in [0.29, 0.717) is 0 Å². The van der Waals surface area contributed by atoms with Crippen molar-refractivity contribution in [1.29, 1.82) is 0 Å². The number of fused-ring (bicyclic) bond motifs is 1. The number of methoxy groups -OCH3 is 1. The second-order valence-electron chi connectivity index (χ2n) is 4.46. The smallest absolute Gasteiger partial charge is 0.322 e. The maximum atomic E-state index is 11.4. The largest absolute Gasteiger partial charge is 0.468 e. The maximum absolute atomic E-state index is 11.4. The molecule has 4 nitrogen and oxygen atoms in total. The summed E-state index contributed by atoms with van der Waals surface area (Å²) in [5.74, 6) is -0.228. The Morgan fingerprint density at radius 1 is 1.59 bits per heavy atom. The molecule has 1 aromatic rings. The fourth-order valence-corrected chi connectivity index (χ4v) is 2.36. The third-order valence-corrected chi connectivity index (χ3v) is 3.25. The molecule has 0 bridgehead atoms. The lowest BCUT2D eigenvalue weighted by Gasteiger charge is -2.18. The van der Waals surface area contributed by atoms with Crippen molar-refractivity contribution in [3.05, 3.63) is 29.3 Å². The van der Waals surface area contributed by atoms with Crippen LogP contribution >= 0.6 is 0 Å². The average molecular weight is 234 g/mol. The van der Waals surface area contributed by atoms with Gasteiger partial charge in [-0.15, -0.1) is 0 Å². The molecular weight excluding hydrogens is 216 g/mol. The number of aryl methyl sites for hydroxylation is 1. The number of carbonyl (C=O) groups is 1. The Bertz CT molecular complexity index is 431. The minimum atomic E-state index is -0.284. The minimum Gasteiger partial charge on any atom is -0.468 e. The van der Waals surface area contributed by atoms with E-state index in [-0.39, 0.29) is 18.1 Å². The number of nitrogens with two attached hydrogens (primary N) is 1. The van der Waals surface area contributed by atoms with Gasteiger partial charge in [0, 0.05) is 11.7 Å². The van der Waals surface area contributed by atoms with Crippen molar-refractivity contribution >= 4 is 11.7 Å². The molecule has 4 heteroatoms. The molecule has 17 heavy (non-hydrogen) atoms. The zero-order valence-electron chi connectivity index (χ0n) is 10.2. The lowest BCUT2D eigenvalue weighted by Crippen LogP contribution is -2.36. The quantitative estimate of drug-likeness (QED) is 0.613. The van der Waals surface area contributed by atoms with Crippen LogP contribution in [0.2, 0.25) is 0 Å². The van der Waals surface area contributed by atoms with Crippen LogP contribution in [0.5, 0.6) is 0 Å². The van der Waals surface area contributed by atoms with Crippen molar-refractivity contribution < 1.29 is 9.53 Å². The Balaban J connectivity index is 2.09. The number of esters is 1. The molecule has 2 rings (SSSR count). The summed E-state index contributed by atoms with van der Waals surface area (Å²) in [4.78, 5) is 11.4. The van der Waals surface area contributed by atoms with Crippen LogP contribution in [0.4, 0.5) is 5.69 Å². The molecular formula is C13H18N2O2. The fourth-order valence-electron chi connectivity index (χ4n) is 2.36. The Labute approximate surface area is 101 Å². The first-order chi connectivity index (χ1) is 8.11. The minimum absolute atomic E-state index is 0.222. The molecule has 0 saturated carbocycles. The zero-order chi connectivity index (χ0) is 12.4. The van der Waals surface area contributed by atoms with E-state index in [4.69, 9.17) is 10.5 Å². The highest BCUT2D eigenvalue weighted by atomic mass is 16.5. The lowest BCUT2D eigenvalue weighted by atomic mass is 10.1. The molecule has 0 amide bonds. The zero-order valence-corrected chi connectivity index (χ0v) is 10.2. The highest BCUT2D eigenvalue weighted by Gasteiger charge is 2.25. The van der Waals surface area contributed by atoms with E-state index in [1.165, 1.54) is 18.2 Å². The number of nitrogen functional groups attached to an aromatic ring is 1. The molecule has 1 aliphatic carbocycles. The van der Waals surface area contributed by atoms with E-state index < -0.39 is 0 Å². The summed E-state index contributed by atoms with van der Waals surface area (Å²) in [7, 11) is 1.41. The Kier molecular flexibility index (Phi) is 3.33. The summed E-state index contributed by atoms with van der Waals surface area (Å²) in [5.41, 5.74) is 9.07. The van der Waals surface area contributed by atoms with Gasteiger partial charge in [-0.2, -0.15) is 0 Å². The fraction of sp³-hybridized carbons (Fsp3) is 0.462. The molecule has 2 unspecified atom stereocenters. The standard InChI is InChI=1S/C13H18N2O2/c1-8(13(16)17-2)15-12-6-3-9-7-10(14)4-5-11(9)12/h4-5,7-8,12,15H,3,6,14H2,1-2H3.